The van der Waals surface area contributed by atoms with Gasteiger partial charge in [0.05, 0.1) is 6.33 Å². The first-order valence-electron chi connectivity index (χ1n) is 5.18. The molecule has 0 unspecified atom stereocenters. The molecule has 0 saturated heterocycles. The van der Waals surface area contributed by atoms with Crippen molar-refractivity contribution in [3.8, 4) is 0 Å². The Morgan fingerprint density at radius 2 is 2.06 bits per heavy atom. The number of rotatable bonds is 4. The summed E-state index contributed by atoms with van der Waals surface area (Å²) in [4.78, 5) is 3.99. The summed E-state index contributed by atoms with van der Waals surface area (Å²) in [6.07, 6.45) is 8.96. The summed E-state index contributed by atoms with van der Waals surface area (Å²) in [5.41, 5.74) is 2.28. The molecular weight excluding hydrogens is 200 g/mol. The second kappa shape index (κ2) is 5.28. The molecule has 0 saturated carbocycles. The molecular formula is C13H13N2O. The molecule has 0 spiro atoms. The van der Waals surface area contributed by atoms with Crippen molar-refractivity contribution in [3.05, 3.63) is 60.2 Å². The van der Waals surface area contributed by atoms with E-state index in [-0.39, 0.29) is 6.61 Å². The Morgan fingerprint density at radius 1 is 1.25 bits per heavy atom. The maximum atomic E-state index is 10.3. The maximum absolute atomic E-state index is 10.3. The first-order chi connectivity index (χ1) is 7.88. The van der Waals surface area contributed by atoms with Gasteiger partial charge in [0.25, 0.3) is 0 Å². The van der Waals surface area contributed by atoms with Crippen LogP contribution in [0.2, 0.25) is 0 Å². The van der Waals surface area contributed by atoms with Crippen LogP contribution in [-0.4, -0.2) is 16.2 Å². The summed E-state index contributed by atoms with van der Waals surface area (Å²) in [5, 5.41) is 10.3. The van der Waals surface area contributed by atoms with E-state index >= 15 is 0 Å². The Morgan fingerprint density at radius 3 is 2.69 bits per heavy atom. The van der Waals surface area contributed by atoms with Gasteiger partial charge in [0.15, 0.2) is 0 Å². The molecule has 0 aliphatic heterocycles. The summed E-state index contributed by atoms with van der Waals surface area (Å²) in [6, 6.07) is 8.14. The van der Waals surface area contributed by atoms with Gasteiger partial charge in [-0.2, -0.15) is 0 Å². The van der Waals surface area contributed by atoms with Crippen LogP contribution >= 0.6 is 0 Å². The Hall–Kier alpha value is -1.87. The fourth-order valence-electron chi connectivity index (χ4n) is 1.51. The highest BCUT2D eigenvalue weighted by atomic mass is 16.2. The van der Waals surface area contributed by atoms with Crippen molar-refractivity contribution in [2.24, 2.45) is 0 Å². The fraction of sp³-hybridized carbons (Fsp3) is 0.154. The van der Waals surface area contributed by atoms with Gasteiger partial charge in [0.1, 0.15) is 6.61 Å². The second-order valence-electron chi connectivity index (χ2n) is 3.55. The molecule has 81 valence electrons. The van der Waals surface area contributed by atoms with Crippen LogP contribution in [0, 0.1) is 0 Å². The Labute approximate surface area is 94.7 Å². The first kappa shape index (κ1) is 10.6. The lowest BCUT2D eigenvalue weighted by Crippen LogP contribution is -1.95. The van der Waals surface area contributed by atoms with E-state index in [4.69, 9.17) is 0 Å². The maximum Gasteiger partial charge on any atom is 0.101 e. The Balaban J connectivity index is 2.05. The Kier molecular flexibility index (Phi) is 3.51. The molecule has 0 aliphatic carbocycles. The summed E-state index contributed by atoms with van der Waals surface area (Å²) < 4.78 is 2.02. The van der Waals surface area contributed by atoms with Crippen LogP contribution in [0.3, 0.4) is 0 Å². The second-order valence-corrected chi connectivity index (χ2v) is 3.55. The first-order valence-corrected chi connectivity index (χ1v) is 5.18. The van der Waals surface area contributed by atoms with Crippen LogP contribution < -0.4 is 0 Å². The summed E-state index contributed by atoms with van der Waals surface area (Å²) >= 11 is 0. The molecule has 2 aromatic rings. The van der Waals surface area contributed by atoms with Crippen molar-refractivity contribution >= 4 is 6.08 Å². The van der Waals surface area contributed by atoms with Crippen molar-refractivity contribution in [2.75, 3.05) is 6.61 Å². The minimum absolute atomic E-state index is 0.170. The fourth-order valence-corrected chi connectivity index (χ4v) is 1.51. The number of benzene rings is 1. The number of hydrogen-bond acceptors (Lipinski definition) is 1. The highest BCUT2D eigenvalue weighted by molar-refractivity contribution is 5.49. The topological polar surface area (TPSA) is 37.7 Å². The number of imidazole rings is 1. The van der Waals surface area contributed by atoms with Crippen LogP contribution in [0.1, 0.15) is 11.1 Å². The molecule has 16 heavy (non-hydrogen) atoms. The van der Waals surface area contributed by atoms with Gasteiger partial charge in [-0.1, -0.05) is 36.4 Å². The zero-order chi connectivity index (χ0) is 11.2. The lowest BCUT2D eigenvalue weighted by molar-refractivity contribution is 0.233. The van der Waals surface area contributed by atoms with E-state index in [2.05, 4.69) is 17.1 Å². The number of aromatic nitrogens is 2. The molecule has 0 fully saturated rings. The lowest BCUT2D eigenvalue weighted by atomic mass is 10.1. The van der Waals surface area contributed by atoms with Gasteiger partial charge in [-0.05, 0) is 11.1 Å². The molecule has 1 heterocycles. The largest absolute Gasteiger partial charge is 0.333 e. The average Bonchev–Trinajstić information content (AvgIpc) is 2.81. The quantitative estimate of drug-likeness (QED) is 0.768. The van der Waals surface area contributed by atoms with E-state index in [0.717, 1.165) is 12.1 Å². The van der Waals surface area contributed by atoms with E-state index in [9.17, 15) is 5.11 Å². The molecule has 0 atom stereocenters. The van der Waals surface area contributed by atoms with Gasteiger partial charge in [0.2, 0.25) is 0 Å². The summed E-state index contributed by atoms with van der Waals surface area (Å²) in [6.45, 7) is 0.655. The zero-order valence-electron chi connectivity index (χ0n) is 8.91. The number of hydrogen-bond donors (Lipinski definition) is 0. The van der Waals surface area contributed by atoms with Crippen molar-refractivity contribution in [1.29, 1.82) is 0 Å². The van der Waals surface area contributed by atoms with Gasteiger partial charge >= 0.3 is 0 Å². The molecule has 1 aromatic heterocycles. The van der Waals surface area contributed by atoms with E-state index < -0.39 is 0 Å². The molecule has 3 heteroatoms. The van der Waals surface area contributed by atoms with Gasteiger partial charge < -0.3 is 4.57 Å². The van der Waals surface area contributed by atoms with Crippen LogP contribution in [-0.2, 0) is 11.7 Å². The smallest absolute Gasteiger partial charge is 0.101 e. The van der Waals surface area contributed by atoms with Crippen molar-refractivity contribution < 1.29 is 5.11 Å². The Bertz CT molecular complexity index is 443. The third kappa shape index (κ3) is 2.81. The molecule has 2 rings (SSSR count). The zero-order valence-corrected chi connectivity index (χ0v) is 8.91. The van der Waals surface area contributed by atoms with Gasteiger partial charge in [-0.15, -0.1) is 0 Å². The lowest BCUT2D eigenvalue weighted by Gasteiger charge is -2.02. The third-order valence-corrected chi connectivity index (χ3v) is 2.31. The van der Waals surface area contributed by atoms with Crippen molar-refractivity contribution in [3.63, 3.8) is 0 Å². The molecule has 1 radical (unpaired) electrons. The summed E-state index contributed by atoms with van der Waals surface area (Å²) in [5.74, 6) is 0. The SMILES string of the molecule is [O]C/C=C/c1ccc(Cn2ccnc2)cc1. The van der Waals surface area contributed by atoms with E-state index in [0.29, 0.717) is 0 Å². The van der Waals surface area contributed by atoms with E-state index in [1.54, 1.807) is 18.6 Å². The third-order valence-electron chi connectivity index (χ3n) is 2.31. The predicted octanol–water partition coefficient (Wildman–Crippen LogP) is 2.38. The molecule has 3 nitrogen and oxygen atoms in total. The van der Waals surface area contributed by atoms with Gasteiger partial charge in [-0.3, -0.25) is 0 Å². The minimum Gasteiger partial charge on any atom is -0.333 e. The molecule has 1 aromatic carbocycles. The average molecular weight is 213 g/mol. The molecule has 0 N–H and O–H groups in total. The summed E-state index contributed by atoms with van der Waals surface area (Å²) in [7, 11) is 0. The van der Waals surface area contributed by atoms with E-state index in [1.165, 1.54) is 5.56 Å². The van der Waals surface area contributed by atoms with Gasteiger partial charge in [-0.25, -0.2) is 10.1 Å². The number of nitrogens with zero attached hydrogens (tertiary/aromatic N) is 2. The molecule has 0 aliphatic rings. The van der Waals surface area contributed by atoms with Crippen molar-refractivity contribution in [2.45, 2.75) is 6.54 Å². The minimum atomic E-state index is -0.170. The standard InChI is InChI=1S/C13H13N2O/c16-9-1-2-12-3-5-13(6-4-12)10-15-8-7-14-11-15/h1-8,11H,9-10H2/b2-1+. The van der Waals surface area contributed by atoms with Crippen LogP contribution in [0.25, 0.3) is 6.08 Å². The van der Waals surface area contributed by atoms with Gasteiger partial charge in [0, 0.05) is 18.9 Å². The van der Waals surface area contributed by atoms with E-state index in [1.807, 2.05) is 29.0 Å². The predicted molar refractivity (Wildman–Crippen MR) is 62.4 cm³/mol. The monoisotopic (exact) mass is 213 g/mol. The highest BCUT2D eigenvalue weighted by Gasteiger charge is 1.94. The molecule has 0 amide bonds. The normalized spacial score (nSPS) is 11.1. The molecule has 0 bridgehead atoms. The van der Waals surface area contributed by atoms with Crippen LogP contribution in [0.4, 0.5) is 0 Å². The van der Waals surface area contributed by atoms with Crippen LogP contribution in [0.15, 0.2) is 49.1 Å². The highest BCUT2D eigenvalue weighted by Crippen LogP contribution is 2.07. The van der Waals surface area contributed by atoms with Crippen molar-refractivity contribution in [1.82, 2.24) is 9.55 Å². The van der Waals surface area contributed by atoms with Crippen LogP contribution in [0.5, 0.6) is 0 Å².